The molecule has 0 aliphatic carbocycles. The summed E-state index contributed by atoms with van der Waals surface area (Å²) in [6, 6.07) is 0. The van der Waals surface area contributed by atoms with Gasteiger partial charge in [0.25, 0.3) is 0 Å². The molecule has 6 heteroatoms. The molecule has 0 saturated heterocycles. The second kappa shape index (κ2) is 13.5. The van der Waals surface area contributed by atoms with Crippen molar-refractivity contribution in [3.63, 3.8) is 0 Å². The summed E-state index contributed by atoms with van der Waals surface area (Å²) in [5.74, 6) is -0.454. The Kier molecular flexibility index (Phi) is 16.3. The molecule has 0 spiro atoms. The molecule has 0 aromatic heterocycles. The number of unbranched alkanes of at least 4 members (excludes halogenated alkanes) is 6. The van der Waals surface area contributed by atoms with Crippen LogP contribution in [0.1, 0.15) is 64.7 Å². The van der Waals surface area contributed by atoms with Gasteiger partial charge >= 0.3 is 51.4 Å². The van der Waals surface area contributed by atoms with E-state index in [0.29, 0.717) is 6.42 Å². The number of aliphatic hydroxyl groups excluding tert-OH is 1. The van der Waals surface area contributed by atoms with E-state index in [1.807, 2.05) is 0 Å². The molecule has 1 N–H and O–H groups in total. The van der Waals surface area contributed by atoms with Gasteiger partial charge in [0, 0.05) is 5.75 Å². The molecule has 0 aliphatic heterocycles. The molecular formula is C12H25KO4S. The first-order chi connectivity index (χ1) is 7.95. The summed E-state index contributed by atoms with van der Waals surface area (Å²) in [6.45, 7) is 2.18. The topological polar surface area (TPSA) is 77.4 Å². The summed E-state index contributed by atoms with van der Waals surface area (Å²) in [5.41, 5.74) is 0. The third kappa shape index (κ3) is 17.5. The molecule has 0 aliphatic rings. The minimum atomic E-state index is -4.17. The van der Waals surface area contributed by atoms with Crippen molar-refractivity contribution >= 4 is 10.1 Å². The molecule has 0 fully saturated rings. The number of hydrogen-bond donors (Lipinski definition) is 1. The van der Waals surface area contributed by atoms with Crippen molar-refractivity contribution in [2.75, 3.05) is 5.75 Å². The molecular weight excluding hydrogens is 279 g/mol. The van der Waals surface area contributed by atoms with Crippen molar-refractivity contribution in [3.8, 4) is 0 Å². The third-order valence-electron chi connectivity index (χ3n) is 2.84. The van der Waals surface area contributed by atoms with Crippen LogP contribution in [-0.2, 0) is 10.1 Å². The Labute approximate surface area is 154 Å². The van der Waals surface area contributed by atoms with E-state index in [9.17, 15) is 18.1 Å². The Morgan fingerprint density at radius 2 is 1.50 bits per heavy atom. The average Bonchev–Trinajstić information content (AvgIpc) is 2.24. The molecule has 0 saturated carbocycles. The van der Waals surface area contributed by atoms with Gasteiger partial charge in [-0.25, -0.2) is 8.42 Å². The summed E-state index contributed by atoms with van der Waals surface area (Å²) >= 11 is 0. The zero-order chi connectivity index (χ0) is 13.1. The first-order valence-corrected chi connectivity index (χ1v) is 8.15. The molecule has 1 unspecified atom stereocenters. The van der Waals surface area contributed by atoms with Gasteiger partial charge in [-0.2, -0.15) is 0 Å². The van der Waals surface area contributed by atoms with Gasteiger partial charge in [-0.1, -0.05) is 51.9 Å². The summed E-state index contributed by atoms with van der Waals surface area (Å²) in [7, 11) is -4.17. The Morgan fingerprint density at radius 3 is 2.00 bits per heavy atom. The van der Waals surface area contributed by atoms with Crippen molar-refractivity contribution in [3.05, 3.63) is 0 Å². The zero-order valence-corrected chi connectivity index (χ0v) is 15.7. The van der Waals surface area contributed by atoms with Crippen molar-refractivity contribution in [1.82, 2.24) is 0 Å². The smallest absolute Gasteiger partial charge is 0.748 e. The molecule has 0 rings (SSSR count). The standard InChI is InChI=1S/C12H26O4S.K/c1-2-3-4-5-6-7-8-9-12(13)10-11-17(14,15)16;/h12-13H,2-11H2,1H3,(H,14,15,16);/q;+1/p-1. The minimum absolute atomic E-state index is 0. The summed E-state index contributed by atoms with van der Waals surface area (Å²) < 4.78 is 31.0. The maximum absolute atomic E-state index is 10.3. The molecule has 0 aromatic carbocycles. The van der Waals surface area contributed by atoms with E-state index in [-0.39, 0.29) is 57.8 Å². The summed E-state index contributed by atoms with van der Waals surface area (Å²) in [5, 5.41) is 9.45. The Morgan fingerprint density at radius 1 is 1.00 bits per heavy atom. The van der Waals surface area contributed by atoms with Crippen LogP contribution in [0.15, 0.2) is 0 Å². The van der Waals surface area contributed by atoms with Crippen LogP contribution in [0, 0.1) is 0 Å². The van der Waals surface area contributed by atoms with Crippen molar-refractivity contribution in [2.45, 2.75) is 70.8 Å². The first kappa shape index (κ1) is 21.8. The first-order valence-electron chi connectivity index (χ1n) is 6.57. The maximum atomic E-state index is 10.3. The van der Waals surface area contributed by atoms with E-state index in [0.717, 1.165) is 12.8 Å². The van der Waals surface area contributed by atoms with Crippen LogP contribution in [0.5, 0.6) is 0 Å². The Bertz CT molecular complexity index is 267. The predicted octanol–water partition coefficient (Wildman–Crippen LogP) is -0.573. The van der Waals surface area contributed by atoms with Gasteiger partial charge in [-0.3, -0.25) is 0 Å². The molecule has 18 heavy (non-hydrogen) atoms. The molecule has 1 atom stereocenters. The van der Waals surface area contributed by atoms with Crippen LogP contribution < -0.4 is 51.4 Å². The van der Waals surface area contributed by atoms with E-state index >= 15 is 0 Å². The SMILES string of the molecule is CCCCCCCCCC(O)CCS(=O)(=O)[O-].[K+]. The number of hydrogen-bond acceptors (Lipinski definition) is 4. The van der Waals surface area contributed by atoms with Crippen LogP contribution in [-0.4, -0.2) is 29.9 Å². The van der Waals surface area contributed by atoms with Gasteiger partial charge in [-0.05, 0) is 12.8 Å². The second-order valence-corrected chi connectivity index (χ2v) is 6.14. The fourth-order valence-corrected chi connectivity index (χ4v) is 2.32. The van der Waals surface area contributed by atoms with Crippen molar-refractivity contribution in [2.24, 2.45) is 0 Å². The summed E-state index contributed by atoms with van der Waals surface area (Å²) in [4.78, 5) is 0. The average molecular weight is 304 g/mol. The normalized spacial score (nSPS) is 13.1. The molecule has 0 bridgehead atoms. The van der Waals surface area contributed by atoms with Gasteiger partial charge in [0.15, 0.2) is 0 Å². The Hall–Kier alpha value is 1.51. The third-order valence-corrected chi connectivity index (χ3v) is 3.58. The number of rotatable bonds is 11. The van der Waals surface area contributed by atoms with Crippen molar-refractivity contribution in [1.29, 1.82) is 0 Å². The van der Waals surface area contributed by atoms with E-state index < -0.39 is 22.0 Å². The monoisotopic (exact) mass is 304 g/mol. The van der Waals surface area contributed by atoms with Crippen molar-refractivity contribution < 1.29 is 69.5 Å². The van der Waals surface area contributed by atoms with Gasteiger partial charge < -0.3 is 9.66 Å². The van der Waals surface area contributed by atoms with Crippen LogP contribution >= 0.6 is 0 Å². The summed E-state index contributed by atoms with van der Waals surface area (Å²) in [6.07, 6.45) is 8.21. The molecule has 104 valence electrons. The molecule has 4 nitrogen and oxygen atoms in total. The van der Waals surface area contributed by atoms with Gasteiger partial charge in [0.2, 0.25) is 0 Å². The van der Waals surface area contributed by atoms with E-state index in [1.165, 1.54) is 32.1 Å². The van der Waals surface area contributed by atoms with E-state index in [1.54, 1.807) is 0 Å². The molecule has 0 radical (unpaired) electrons. The van der Waals surface area contributed by atoms with Gasteiger partial charge in [0.05, 0.1) is 16.2 Å². The van der Waals surface area contributed by atoms with Crippen LogP contribution in [0.2, 0.25) is 0 Å². The van der Waals surface area contributed by atoms with Crippen LogP contribution in [0.3, 0.4) is 0 Å². The Balaban J connectivity index is 0. The maximum Gasteiger partial charge on any atom is 1.00 e. The molecule has 0 amide bonds. The number of aliphatic hydroxyl groups is 1. The predicted molar refractivity (Wildman–Crippen MR) is 67.8 cm³/mol. The fourth-order valence-electron chi connectivity index (χ4n) is 1.76. The van der Waals surface area contributed by atoms with E-state index in [4.69, 9.17) is 0 Å². The molecule has 0 aromatic rings. The zero-order valence-electron chi connectivity index (χ0n) is 11.7. The van der Waals surface area contributed by atoms with Crippen LogP contribution in [0.25, 0.3) is 0 Å². The largest absolute Gasteiger partial charge is 1.00 e. The quantitative estimate of drug-likeness (QED) is 0.315. The van der Waals surface area contributed by atoms with Gasteiger partial charge in [-0.15, -0.1) is 0 Å². The van der Waals surface area contributed by atoms with Gasteiger partial charge in [0.1, 0.15) is 0 Å². The second-order valence-electron chi connectivity index (χ2n) is 4.61. The minimum Gasteiger partial charge on any atom is -0.748 e. The molecule has 0 heterocycles. The van der Waals surface area contributed by atoms with Crippen LogP contribution in [0.4, 0.5) is 0 Å². The van der Waals surface area contributed by atoms with E-state index in [2.05, 4.69) is 6.92 Å². The fraction of sp³-hybridized carbons (Fsp3) is 1.00.